The van der Waals surface area contributed by atoms with Crippen molar-refractivity contribution >= 4 is 39.3 Å². The molecule has 13 heteroatoms. The zero-order valence-corrected chi connectivity index (χ0v) is 22.8. The predicted molar refractivity (Wildman–Crippen MR) is 135 cm³/mol. The van der Waals surface area contributed by atoms with E-state index in [0.29, 0.717) is 10.7 Å². The third kappa shape index (κ3) is 6.50. The van der Waals surface area contributed by atoms with Crippen LogP contribution in [0.4, 0.5) is 24.7 Å². The van der Waals surface area contributed by atoms with Crippen molar-refractivity contribution in [2.24, 2.45) is 5.41 Å². The Hall–Kier alpha value is -2.51. The maximum Gasteiger partial charge on any atom is 0.312 e. The van der Waals surface area contributed by atoms with E-state index in [9.17, 15) is 31.5 Å². The van der Waals surface area contributed by atoms with Crippen molar-refractivity contribution in [1.82, 2.24) is 9.29 Å². The highest BCUT2D eigenvalue weighted by atomic mass is 32.2. The van der Waals surface area contributed by atoms with Crippen LogP contribution in [0.1, 0.15) is 33.6 Å². The van der Waals surface area contributed by atoms with Crippen molar-refractivity contribution in [2.45, 2.75) is 55.5 Å². The summed E-state index contributed by atoms with van der Waals surface area (Å²) in [5, 5.41) is 9.73. The first kappa shape index (κ1) is 29.1. The van der Waals surface area contributed by atoms with Crippen LogP contribution >= 0.6 is 11.8 Å². The number of aliphatic carboxylic acids is 1. The van der Waals surface area contributed by atoms with Gasteiger partial charge in [-0.1, -0.05) is 0 Å². The monoisotopic (exact) mass is 561 g/mol. The number of aromatic nitrogens is 1. The van der Waals surface area contributed by atoms with Crippen molar-refractivity contribution in [1.29, 1.82) is 0 Å². The molecule has 0 aliphatic carbocycles. The first-order valence-corrected chi connectivity index (χ1v) is 14.1. The van der Waals surface area contributed by atoms with Crippen LogP contribution in [0, 0.1) is 11.2 Å². The zero-order chi connectivity index (χ0) is 27.8. The molecule has 1 aliphatic heterocycles. The van der Waals surface area contributed by atoms with Crippen LogP contribution in [0.25, 0.3) is 0 Å². The first-order chi connectivity index (χ1) is 17.1. The third-order valence-electron chi connectivity index (χ3n) is 6.14. The lowest BCUT2D eigenvalue weighted by molar-refractivity contribution is -0.148. The summed E-state index contributed by atoms with van der Waals surface area (Å²) in [6.45, 7) is 3.47. The number of carboxylic acid groups (broad SMARTS) is 1. The molecule has 0 saturated heterocycles. The van der Waals surface area contributed by atoms with Crippen molar-refractivity contribution in [3.63, 3.8) is 0 Å². The van der Waals surface area contributed by atoms with Gasteiger partial charge in [-0.2, -0.15) is 4.31 Å². The van der Waals surface area contributed by atoms with Crippen molar-refractivity contribution in [3.05, 3.63) is 36.1 Å². The van der Waals surface area contributed by atoms with Crippen LogP contribution in [-0.4, -0.2) is 67.2 Å². The molecule has 2 aromatic rings. The minimum atomic E-state index is -4.24. The number of rotatable bonds is 9. The smallest absolute Gasteiger partial charge is 0.312 e. The van der Waals surface area contributed by atoms with E-state index in [2.05, 4.69) is 4.98 Å². The average Bonchev–Trinajstić information content (AvgIpc) is 2.89. The minimum absolute atomic E-state index is 0.00247. The van der Waals surface area contributed by atoms with Gasteiger partial charge in [0.15, 0.2) is 11.6 Å². The summed E-state index contributed by atoms with van der Waals surface area (Å²) in [6, 6.07) is 5.79. The minimum Gasteiger partial charge on any atom is -0.490 e. The largest absolute Gasteiger partial charge is 0.490 e. The summed E-state index contributed by atoms with van der Waals surface area (Å²) in [5.74, 6) is -4.46. The van der Waals surface area contributed by atoms with Gasteiger partial charge in [-0.15, -0.1) is 11.8 Å². The quantitative estimate of drug-likeness (QED) is 0.427. The SMILES string of the molecule is CSc1nc2c(cc1OCC(C)(C)C(=O)O)S(=O)(=O)N(C)[C@H](CCC(C)(F)F)CN2c1ccc(F)cc1. The van der Waals surface area contributed by atoms with E-state index in [-0.39, 0.29) is 36.0 Å². The van der Waals surface area contributed by atoms with Gasteiger partial charge < -0.3 is 14.7 Å². The Bertz CT molecular complexity index is 1250. The van der Waals surface area contributed by atoms with Gasteiger partial charge in [0.2, 0.25) is 15.9 Å². The number of ether oxygens (including phenoxy) is 1. The standard InChI is InChI=1S/C24H30F3N3O5S2/c1-23(2,22(31)32)14-35-18-12-19-20(28-21(18)36-5)30(16-8-6-15(25)7-9-16)13-17(10-11-24(3,26)27)29(4)37(19,33)34/h6-9,12,17H,10-11,13-14H2,1-5H3,(H,31,32)/t17-/m1/s1. The Balaban J connectivity index is 2.17. The molecule has 1 atom stereocenters. The van der Waals surface area contributed by atoms with Crippen LogP contribution in [0.5, 0.6) is 5.75 Å². The summed E-state index contributed by atoms with van der Waals surface area (Å²) in [6.07, 6.45) is 1.04. The number of sulfonamides is 1. The van der Waals surface area contributed by atoms with Crippen LogP contribution in [0.2, 0.25) is 0 Å². The fraction of sp³-hybridized carbons (Fsp3) is 0.500. The Morgan fingerprint density at radius 1 is 1.24 bits per heavy atom. The topological polar surface area (TPSA) is 100 Å². The molecular weight excluding hydrogens is 531 g/mol. The molecule has 1 aromatic heterocycles. The highest BCUT2D eigenvalue weighted by Gasteiger charge is 2.40. The van der Waals surface area contributed by atoms with Crippen LogP contribution in [0.15, 0.2) is 40.3 Å². The van der Waals surface area contributed by atoms with Crippen LogP contribution in [-0.2, 0) is 14.8 Å². The average molecular weight is 562 g/mol. The van der Waals surface area contributed by atoms with Gasteiger partial charge in [-0.3, -0.25) is 4.79 Å². The Labute approximate surface area is 218 Å². The number of benzene rings is 1. The number of pyridine rings is 1. The number of fused-ring (bicyclic) bond motifs is 1. The van der Waals surface area contributed by atoms with Gasteiger partial charge in [0, 0.05) is 37.8 Å². The number of hydrogen-bond donors (Lipinski definition) is 1. The first-order valence-electron chi connectivity index (χ1n) is 11.4. The van der Waals surface area contributed by atoms with E-state index >= 15 is 0 Å². The highest BCUT2D eigenvalue weighted by Crippen LogP contribution is 2.41. The molecule has 1 aliphatic rings. The second-order valence-corrected chi connectivity index (χ2v) is 12.4. The van der Waals surface area contributed by atoms with Crippen molar-refractivity contribution < 1.29 is 36.2 Å². The molecule has 0 unspecified atom stereocenters. The summed E-state index contributed by atoms with van der Waals surface area (Å²) < 4.78 is 75.3. The van der Waals surface area contributed by atoms with E-state index in [1.807, 2.05) is 0 Å². The molecule has 0 bridgehead atoms. The molecule has 1 N–H and O–H groups in total. The molecule has 37 heavy (non-hydrogen) atoms. The molecular formula is C24H30F3N3O5S2. The maximum absolute atomic E-state index is 13.7. The molecule has 1 aromatic carbocycles. The van der Waals surface area contributed by atoms with E-state index < -0.39 is 45.6 Å². The molecule has 204 valence electrons. The second kappa shape index (κ2) is 10.7. The summed E-state index contributed by atoms with van der Waals surface area (Å²) in [5.41, 5.74) is -0.823. The van der Waals surface area contributed by atoms with Gasteiger partial charge in [-0.05, 0) is 57.7 Å². The van der Waals surface area contributed by atoms with Gasteiger partial charge in [0.05, 0.1) is 5.41 Å². The Kier molecular flexibility index (Phi) is 8.40. The number of alkyl halides is 2. The van der Waals surface area contributed by atoms with Gasteiger partial charge >= 0.3 is 5.97 Å². The summed E-state index contributed by atoms with van der Waals surface area (Å²) in [7, 11) is -2.91. The number of anilines is 2. The molecule has 0 amide bonds. The number of nitrogens with zero attached hydrogens (tertiary/aromatic N) is 3. The Morgan fingerprint density at radius 2 is 1.86 bits per heavy atom. The molecule has 8 nitrogen and oxygen atoms in total. The molecule has 0 saturated carbocycles. The molecule has 3 rings (SSSR count). The highest BCUT2D eigenvalue weighted by molar-refractivity contribution is 7.98. The normalized spacial score (nSPS) is 18.3. The van der Waals surface area contributed by atoms with Gasteiger partial charge in [0.1, 0.15) is 22.3 Å². The Morgan fingerprint density at radius 3 is 2.41 bits per heavy atom. The van der Waals surface area contributed by atoms with E-state index in [4.69, 9.17) is 4.74 Å². The summed E-state index contributed by atoms with van der Waals surface area (Å²) >= 11 is 1.17. The van der Waals surface area contributed by atoms with Crippen molar-refractivity contribution in [2.75, 3.05) is 31.4 Å². The predicted octanol–water partition coefficient (Wildman–Crippen LogP) is 5.01. The van der Waals surface area contributed by atoms with E-state index in [1.54, 1.807) is 11.2 Å². The number of hydrogen-bond acceptors (Lipinski definition) is 7. The lowest BCUT2D eigenvalue weighted by atomic mass is 9.95. The lowest BCUT2D eigenvalue weighted by Crippen LogP contribution is -2.41. The molecule has 0 fully saturated rings. The van der Waals surface area contributed by atoms with Crippen LogP contribution < -0.4 is 9.64 Å². The fourth-order valence-corrected chi connectivity index (χ4v) is 5.72. The zero-order valence-electron chi connectivity index (χ0n) is 21.2. The second-order valence-electron chi connectivity index (χ2n) is 9.67. The number of halogens is 3. The third-order valence-corrected chi connectivity index (χ3v) is 8.73. The van der Waals surface area contributed by atoms with E-state index in [1.165, 1.54) is 63.0 Å². The number of carbonyl (C=O) groups is 1. The number of carboxylic acids is 1. The summed E-state index contributed by atoms with van der Waals surface area (Å²) in [4.78, 5) is 17.4. The van der Waals surface area contributed by atoms with E-state index in [0.717, 1.165) is 11.2 Å². The number of likely N-dealkylation sites (N-methyl/N-ethyl adjacent to an activating group) is 1. The lowest BCUT2D eigenvalue weighted by Gasteiger charge is -2.29. The fourth-order valence-electron chi connectivity index (χ4n) is 3.71. The molecule has 2 heterocycles. The van der Waals surface area contributed by atoms with Crippen LogP contribution in [0.3, 0.4) is 0 Å². The molecule has 0 radical (unpaired) electrons. The van der Waals surface area contributed by atoms with Gasteiger partial charge in [0.25, 0.3) is 0 Å². The van der Waals surface area contributed by atoms with Crippen molar-refractivity contribution in [3.8, 4) is 5.75 Å². The number of thioether (sulfide) groups is 1. The molecule has 0 spiro atoms. The maximum atomic E-state index is 13.7. The van der Waals surface area contributed by atoms with Gasteiger partial charge in [-0.25, -0.2) is 26.6 Å².